The molecule has 1 unspecified atom stereocenters. The van der Waals surface area contributed by atoms with Crippen LogP contribution in [-0.2, 0) is 11.3 Å². The summed E-state index contributed by atoms with van der Waals surface area (Å²) < 4.78 is 1.81. The van der Waals surface area contributed by atoms with E-state index in [1.54, 1.807) is 5.51 Å². The van der Waals surface area contributed by atoms with E-state index in [9.17, 15) is 9.59 Å². The van der Waals surface area contributed by atoms with Crippen LogP contribution in [0.5, 0.6) is 0 Å². The third kappa shape index (κ3) is 4.78. The minimum atomic E-state index is -0.0709. The van der Waals surface area contributed by atoms with Crippen LogP contribution in [0, 0.1) is 0 Å². The highest BCUT2D eigenvalue weighted by Gasteiger charge is 2.30. The number of thiazole rings is 1. The summed E-state index contributed by atoms with van der Waals surface area (Å²) in [5.41, 5.74) is 3.15. The number of piperazine rings is 1. The van der Waals surface area contributed by atoms with Crippen molar-refractivity contribution in [2.45, 2.75) is 38.8 Å². The molecule has 0 spiro atoms. The number of carbonyl (C=O) groups is 1. The third-order valence-corrected chi connectivity index (χ3v) is 7.74. The summed E-state index contributed by atoms with van der Waals surface area (Å²) in [6, 6.07) is 10.1. The molecule has 2 aliphatic rings. The van der Waals surface area contributed by atoms with Gasteiger partial charge < -0.3 is 4.90 Å². The first kappa shape index (κ1) is 23.1. The Balaban J connectivity index is 1.36. The quantitative estimate of drug-likeness (QED) is 0.518. The zero-order chi connectivity index (χ0) is 23.5. The van der Waals surface area contributed by atoms with Crippen molar-refractivity contribution in [1.82, 2.24) is 29.2 Å². The maximum atomic E-state index is 13.4. The Morgan fingerprint density at radius 3 is 2.50 bits per heavy atom. The van der Waals surface area contributed by atoms with Gasteiger partial charge in [-0.3, -0.25) is 24.0 Å². The fraction of sp³-hybridized carbons (Fsp3) is 0.520. The Kier molecular flexibility index (Phi) is 7.03. The van der Waals surface area contributed by atoms with Crippen molar-refractivity contribution in [3.63, 3.8) is 0 Å². The van der Waals surface area contributed by atoms with Gasteiger partial charge in [0.15, 0.2) is 10.3 Å². The molecule has 5 rings (SSSR count). The first-order valence-corrected chi connectivity index (χ1v) is 13.1. The smallest absolute Gasteiger partial charge is 0.281 e. The van der Waals surface area contributed by atoms with E-state index in [0.717, 1.165) is 69.9 Å². The lowest BCUT2D eigenvalue weighted by atomic mass is 10.1. The minimum absolute atomic E-state index is 0.0411. The van der Waals surface area contributed by atoms with Crippen LogP contribution in [0.25, 0.3) is 10.3 Å². The fourth-order valence-corrected chi connectivity index (χ4v) is 5.79. The van der Waals surface area contributed by atoms with Crippen LogP contribution in [0.1, 0.15) is 43.6 Å². The first-order chi connectivity index (χ1) is 16.6. The molecule has 2 fully saturated rings. The molecule has 2 aliphatic heterocycles. The van der Waals surface area contributed by atoms with Crippen molar-refractivity contribution in [1.29, 1.82) is 0 Å². The summed E-state index contributed by atoms with van der Waals surface area (Å²) in [6.45, 7) is 8.36. The Hall–Kier alpha value is -2.62. The predicted molar refractivity (Wildman–Crippen MR) is 134 cm³/mol. The number of benzene rings is 1. The second-order valence-electron chi connectivity index (χ2n) is 9.18. The third-order valence-electron chi connectivity index (χ3n) is 7.02. The van der Waals surface area contributed by atoms with Crippen molar-refractivity contribution >= 4 is 27.6 Å². The normalized spacial score (nSPS) is 18.6. The highest BCUT2D eigenvalue weighted by Crippen LogP contribution is 2.26. The van der Waals surface area contributed by atoms with Crippen molar-refractivity contribution in [3.8, 4) is 0 Å². The van der Waals surface area contributed by atoms with E-state index < -0.39 is 0 Å². The number of carbonyl (C=O) groups excluding carboxylic acids is 1. The summed E-state index contributed by atoms with van der Waals surface area (Å²) in [5.74, 6) is 1.07. The zero-order valence-corrected chi connectivity index (χ0v) is 20.5. The van der Waals surface area contributed by atoms with Gasteiger partial charge in [-0.2, -0.15) is 0 Å². The van der Waals surface area contributed by atoms with Gasteiger partial charge in [0.25, 0.3) is 5.56 Å². The Morgan fingerprint density at radius 2 is 1.79 bits per heavy atom. The largest absolute Gasteiger partial charge is 0.342 e. The van der Waals surface area contributed by atoms with Crippen LogP contribution >= 0.6 is 11.3 Å². The van der Waals surface area contributed by atoms with Crippen molar-refractivity contribution in [2.24, 2.45) is 0 Å². The van der Waals surface area contributed by atoms with Crippen LogP contribution in [0.3, 0.4) is 0 Å². The Labute approximate surface area is 203 Å². The molecule has 0 N–H and O–H groups in total. The standard InChI is InChI=1S/C25H32N6O2S/c1-2-20(29-14-12-28(13-15-29)17-21(32)30-10-6-7-11-30)23-27-24-22(26-18-34-24)25(33)31(23)16-19-8-4-3-5-9-19/h3-5,8-9,18,20H,2,6-7,10-17H2,1H3. The van der Waals surface area contributed by atoms with E-state index in [4.69, 9.17) is 4.98 Å². The van der Waals surface area contributed by atoms with Gasteiger partial charge in [0.1, 0.15) is 5.82 Å². The molecular formula is C25H32N6O2S. The molecule has 8 nitrogen and oxygen atoms in total. The van der Waals surface area contributed by atoms with Crippen molar-refractivity contribution in [2.75, 3.05) is 45.8 Å². The highest BCUT2D eigenvalue weighted by molar-refractivity contribution is 7.16. The molecule has 1 atom stereocenters. The van der Waals surface area contributed by atoms with Crippen molar-refractivity contribution < 1.29 is 4.79 Å². The average molecular weight is 481 g/mol. The van der Waals surface area contributed by atoms with E-state index in [-0.39, 0.29) is 17.5 Å². The predicted octanol–water partition coefficient (Wildman–Crippen LogP) is 2.59. The van der Waals surface area contributed by atoms with Gasteiger partial charge >= 0.3 is 0 Å². The lowest BCUT2D eigenvalue weighted by Gasteiger charge is -2.39. The van der Waals surface area contributed by atoms with Crippen LogP contribution in [0.2, 0.25) is 0 Å². The minimum Gasteiger partial charge on any atom is -0.342 e. The number of rotatable bonds is 7. The second-order valence-corrected chi connectivity index (χ2v) is 10.0. The molecule has 34 heavy (non-hydrogen) atoms. The molecule has 2 saturated heterocycles. The van der Waals surface area contributed by atoms with Crippen molar-refractivity contribution in [3.05, 3.63) is 57.6 Å². The maximum absolute atomic E-state index is 13.4. The highest BCUT2D eigenvalue weighted by atomic mass is 32.1. The topological polar surface area (TPSA) is 74.6 Å². The summed E-state index contributed by atoms with van der Waals surface area (Å²) in [5, 5.41) is 0. The number of hydrogen-bond acceptors (Lipinski definition) is 7. The average Bonchev–Trinajstić information content (AvgIpc) is 3.56. The molecular weight excluding hydrogens is 448 g/mol. The number of aromatic nitrogens is 3. The molecule has 2 aromatic heterocycles. The SMILES string of the molecule is CCC(c1nc2scnc2c(=O)n1Cc1ccccc1)N1CCN(CC(=O)N2CCCC2)CC1. The second kappa shape index (κ2) is 10.3. The van der Waals surface area contributed by atoms with Gasteiger partial charge in [-0.15, -0.1) is 11.3 Å². The molecule has 3 aromatic rings. The van der Waals surface area contributed by atoms with E-state index in [2.05, 4.69) is 21.7 Å². The van der Waals surface area contributed by atoms with Crippen LogP contribution < -0.4 is 5.56 Å². The fourth-order valence-electron chi connectivity index (χ4n) is 5.13. The van der Waals surface area contributed by atoms with Crippen LogP contribution in [0.4, 0.5) is 0 Å². The summed E-state index contributed by atoms with van der Waals surface area (Å²) in [4.78, 5) is 42.6. The zero-order valence-electron chi connectivity index (χ0n) is 19.7. The monoisotopic (exact) mass is 480 g/mol. The molecule has 1 amide bonds. The lowest BCUT2D eigenvalue weighted by Crippen LogP contribution is -2.51. The number of likely N-dealkylation sites (tertiary alicyclic amines) is 1. The van der Waals surface area contributed by atoms with E-state index >= 15 is 0 Å². The van der Waals surface area contributed by atoms with Gasteiger partial charge in [0.2, 0.25) is 5.91 Å². The Morgan fingerprint density at radius 1 is 1.06 bits per heavy atom. The molecule has 4 heterocycles. The molecule has 0 radical (unpaired) electrons. The van der Waals surface area contributed by atoms with Gasteiger partial charge in [0.05, 0.1) is 24.6 Å². The molecule has 0 saturated carbocycles. The van der Waals surface area contributed by atoms with Crippen LogP contribution in [-0.4, -0.2) is 81.0 Å². The lowest BCUT2D eigenvalue weighted by molar-refractivity contribution is -0.131. The molecule has 0 aliphatic carbocycles. The van der Waals surface area contributed by atoms with Gasteiger partial charge in [-0.05, 0) is 24.8 Å². The van der Waals surface area contributed by atoms with Crippen LogP contribution in [0.15, 0.2) is 40.6 Å². The van der Waals surface area contributed by atoms with Gasteiger partial charge in [-0.25, -0.2) is 9.97 Å². The molecule has 0 bridgehead atoms. The molecule has 1 aromatic carbocycles. The molecule has 9 heteroatoms. The number of amides is 1. The summed E-state index contributed by atoms with van der Waals surface area (Å²) >= 11 is 1.42. The number of fused-ring (bicyclic) bond motifs is 1. The summed E-state index contributed by atoms with van der Waals surface area (Å²) in [7, 11) is 0. The van der Waals surface area contributed by atoms with Gasteiger partial charge in [-0.1, -0.05) is 37.3 Å². The van der Waals surface area contributed by atoms with E-state index in [1.165, 1.54) is 11.3 Å². The van der Waals surface area contributed by atoms with E-state index in [0.29, 0.717) is 23.4 Å². The molecule has 180 valence electrons. The van der Waals surface area contributed by atoms with Gasteiger partial charge in [0, 0.05) is 39.3 Å². The Bertz CT molecular complexity index is 1180. The van der Waals surface area contributed by atoms with E-state index in [1.807, 2.05) is 39.8 Å². The maximum Gasteiger partial charge on any atom is 0.281 e. The summed E-state index contributed by atoms with van der Waals surface area (Å²) in [6.07, 6.45) is 3.11. The number of hydrogen-bond donors (Lipinski definition) is 0. The first-order valence-electron chi connectivity index (χ1n) is 12.3. The number of nitrogens with zero attached hydrogens (tertiary/aromatic N) is 6.